The lowest BCUT2D eigenvalue weighted by molar-refractivity contribution is 0.0932. The molecular weight excluding hydrogens is 262 g/mol. The first-order valence-corrected chi connectivity index (χ1v) is 7.16. The summed E-state index contributed by atoms with van der Waals surface area (Å²) in [5.74, 6) is 1.30. The highest BCUT2D eigenvalue weighted by atomic mass is 35.5. The summed E-state index contributed by atoms with van der Waals surface area (Å²) in [5, 5.41) is 6.40. The number of hydrogen-bond acceptors (Lipinski definition) is 3. The molecule has 0 aliphatic heterocycles. The second-order valence-electron chi connectivity index (χ2n) is 5.06. The van der Waals surface area contributed by atoms with E-state index in [1.165, 1.54) is 12.8 Å². The standard InChI is InChI=1S/C14H20ClN3O/c1-3-11(6-9-4-5-9)18-14(19)10-7-12(15)13(16-2)17-8-10/h7-9,11H,3-6H2,1-2H3,(H,16,17)(H,18,19). The minimum atomic E-state index is -0.0930. The molecule has 1 aromatic heterocycles. The lowest BCUT2D eigenvalue weighted by Crippen LogP contribution is -2.34. The molecule has 0 aromatic carbocycles. The third-order valence-electron chi connectivity index (χ3n) is 3.48. The fourth-order valence-electron chi connectivity index (χ4n) is 2.10. The number of nitrogens with one attached hydrogen (secondary N) is 2. The number of carbonyl (C=O) groups is 1. The first-order valence-electron chi connectivity index (χ1n) is 6.78. The molecule has 104 valence electrons. The normalized spacial score (nSPS) is 15.9. The van der Waals surface area contributed by atoms with Crippen molar-refractivity contribution in [3.63, 3.8) is 0 Å². The summed E-state index contributed by atoms with van der Waals surface area (Å²) in [6.45, 7) is 2.10. The van der Waals surface area contributed by atoms with Gasteiger partial charge in [-0.3, -0.25) is 4.79 Å². The Hall–Kier alpha value is -1.29. The number of amides is 1. The van der Waals surface area contributed by atoms with Gasteiger partial charge < -0.3 is 10.6 Å². The van der Waals surface area contributed by atoms with Gasteiger partial charge in [-0.15, -0.1) is 0 Å². The smallest absolute Gasteiger partial charge is 0.253 e. The molecule has 19 heavy (non-hydrogen) atoms. The van der Waals surface area contributed by atoms with Crippen molar-refractivity contribution in [3.8, 4) is 0 Å². The Labute approximate surface area is 118 Å². The highest BCUT2D eigenvalue weighted by Crippen LogP contribution is 2.34. The van der Waals surface area contributed by atoms with E-state index in [2.05, 4.69) is 22.5 Å². The zero-order valence-electron chi connectivity index (χ0n) is 11.4. The molecule has 1 saturated carbocycles. The Morgan fingerprint density at radius 1 is 1.58 bits per heavy atom. The maximum atomic E-state index is 12.1. The molecule has 0 spiro atoms. The van der Waals surface area contributed by atoms with Crippen LogP contribution in [0.4, 0.5) is 5.82 Å². The lowest BCUT2D eigenvalue weighted by atomic mass is 10.1. The van der Waals surface area contributed by atoms with Crippen LogP contribution in [-0.2, 0) is 0 Å². The van der Waals surface area contributed by atoms with Gasteiger partial charge in [0.15, 0.2) is 0 Å². The zero-order chi connectivity index (χ0) is 13.8. The summed E-state index contributed by atoms with van der Waals surface area (Å²) < 4.78 is 0. The van der Waals surface area contributed by atoms with Gasteiger partial charge in [0.05, 0.1) is 10.6 Å². The molecule has 0 bridgehead atoms. The molecule has 1 aliphatic rings. The van der Waals surface area contributed by atoms with Crippen LogP contribution in [0.1, 0.15) is 43.0 Å². The summed E-state index contributed by atoms with van der Waals surface area (Å²) in [4.78, 5) is 16.3. The molecule has 1 fully saturated rings. The van der Waals surface area contributed by atoms with Crippen molar-refractivity contribution in [2.45, 2.75) is 38.6 Å². The van der Waals surface area contributed by atoms with Gasteiger partial charge in [0.25, 0.3) is 5.91 Å². The third kappa shape index (κ3) is 3.83. The topological polar surface area (TPSA) is 54.0 Å². The van der Waals surface area contributed by atoms with Crippen LogP contribution >= 0.6 is 11.6 Å². The van der Waals surface area contributed by atoms with E-state index < -0.39 is 0 Å². The maximum absolute atomic E-state index is 12.1. The molecule has 5 heteroatoms. The van der Waals surface area contributed by atoms with Crippen molar-refractivity contribution in [3.05, 3.63) is 22.8 Å². The van der Waals surface area contributed by atoms with Gasteiger partial charge in [0.1, 0.15) is 5.82 Å². The van der Waals surface area contributed by atoms with Crippen molar-refractivity contribution >= 4 is 23.3 Å². The molecule has 2 N–H and O–H groups in total. The van der Waals surface area contributed by atoms with Crippen molar-refractivity contribution in [1.82, 2.24) is 10.3 Å². The quantitative estimate of drug-likeness (QED) is 0.842. The van der Waals surface area contributed by atoms with Crippen LogP contribution in [0, 0.1) is 5.92 Å². The molecular formula is C14H20ClN3O. The predicted molar refractivity (Wildman–Crippen MR) is 77.7 cm³/mol. The summed E-state index contributed by atoms with van der Waals surface area (Å²) in [7, 11) is 1.75. The number of pyridine rings is 1. The summed E-state index contributed by atoms with van der Waals surface area (Å²) >= 11 is 6.03. The molecule has 0 saturated heterocycles. The molecule has 2 rings (SSSR count). The number of hydrogen-bond donors (Lipinski definition) is 2. The number of rotatable bonds is 6. The van der Waals surface area contributed by atoms with Crippen LogP contribution in [0.3, 0.4) is 0 Å². The van der Waals surface area contributed by atoms with Crippen LogP contribution in [0.2, 0.25) is 5.02 Å². The van der Waals surface area contributed by atoms with E-state index in [0.717, 1.165) is 18.8 Å². The zero-order valence-corrected chi connectivity index (χ0v) is 12.1. The minimum Gasteiger partial charge on any atom is -0.372 e. The van der Waals surface area contributed by atoms with Crippen molar-refractivity contribution < 1.29 is 4.79 Å². The maximum Gasteiger partial charge on any atom is 0.253 e. The average Bonchev–Trinajstić information content (AvgIpc) is 3.21. The van der Waals surface area contributed by atoms with Crippen LogP contribution < -0.4 is 10.6 Å². The van der Waals surface area contributed by atoms with E-state index in [0.29, 0.717) is 16.4 Å². The van der Waals surface area contributed by atoms with Crippen molar-refractivity contribution in [2.75, 3.05) is 12.4 Å². The third-order valence-corrected chi connectivity index (χ3v) is 3.77. The van der Waals surface area contributed by atoms with E-state index in [4.69, 9.17) is 11.6 Å². The van der Waals surface area contributed by atoms with Gasteiger partial charge in [-0.2, -0.15) is 0 Å². The van der Waals surface area contributed by atoms with Gasteiger partial charge in [0, 0.05) is 19.3 Å². The molecule has 1 amide bonds. The first kappa shape index (κ1) is 14.1. The fraction of sp³-hybridized carbons (Fsp3) is 0.571. The van der Waals surface area contributed by atoms with Gasteiger partial charge in [-0.1, -0.05) is 31.4 Å². The summed E-state index contributed by atoms with van der Waals surface area (Å²) in [6.07, 6.45) is 6.19. The van der Waals surface area contributed by atoms with Gasteiger partial charge in [0.2, 0.25) is 0 Å². The molecule has 1 atom stereocenters. The average molecular weight is 282 g/mol. The number of carbonyl (C=O) groups excluding carboxylic acids is 1. The Kier molecular flexibility index (Phi) is 4.64. The minimum absolute atomic E-state index is 0.0930. The molecule has 0 radical (unpaired) electrons. The number of nitrogens with zero attached hydrogens (tertiary/aromatic N) is 1. The van der Waals surface area contributed by atoms with Crippen LogP contribution in [-0.4, -0.2) is 24.0 Å². The summed E-state index contributed by atoms with van der Waals surface area (Å²) in [5.41, 5.74) is 0.512. The van der Waals surface area contributed by atoms with Gasteiger partial charge in [-0.25, -0.2) is 4.98 Å². The molecule has 1 heterocycles. The lowest BCUT2D eigenvalue weighted by Gasteiger charge is -2.16. The second-order valence-corrected chi connectivity index (χ2v) is 5.47. The number of halogens is 1. The van der Waals surface area contributed by atoms with E-state index >= 15 is 0 Å². The van der Waals surface area contributed by atoms with E-state index in [1.807, 2.05) is 0 Å². The highest BCUT2D eigenvalue weighted by Gasteiger charge is 2.25. The van der Waals surface area contributed by atoms with E-state index in [-0.39, 0.29) is 11.9 Å². The Morgan fingerprint density at radius 2 is 2.32 bits per heavy atom. The molecule has 1 unspecified atom stereocenters. The SMILES string of the molecule is CCC(CC1CC1)NC(=O)c1cnc(NC)c(Cl)c1. The van der Waals surface area contributed by atoms with Gasteiger partial charge >= 0.3 is 0 Å². The monoisotopic (exact) mass is 281 g/mol. The fourth-order valence-corrected chi connectivity index (χ4v) is 2.36. The Bertz CT molecular complexity index is 460. The Balaban J connectivity index is 1.99. The second kappa shape index (κ2) is 6.24. The Morgan fingerprint density at radius 3 is 2.84 bits per heavy atom. The van der Waals surface area contributed by atoms with Crippen molar-refractivity contribution in [2.24, 2.45) is 5.92 Å². The van der Waals surface area contributed by atoms with Gasteiger partial charge in [-0.05, 0) is 24.8 Å². The number of anilines is 1. The number of aromatic nitrogens is 1. The summed E-state index contributed by atoms with van der Waals surface area (Å²) in [6, 6.07) is 1.90. The molecule has 4 nitrogen and oxygen atoms in total. The van der Waals surface area contributed by atoms with E-state index in [9.17, 15) is 4.79 Å². The highest BCUT2D eigenvalue weighted by molar-refractivity contribution is 6.33. The van der Waals surface area contributed by atoms with E-state index in [1.54, 1.807) is 19.3 Å². The van der Waals surface area contributed by atoms with Crippen LogP contribution in [0.5, 0.6) is 0 Å². The molecule has 1 aliphatic carbocycles. The van der Waals surface area contributed by atoms with Crippen LogP contribution in [0.25, 0.3) is 0 Å². The predicted octanol–water partition coefficient (Wildman–Crippen LogP) is 3.09. The first-order chi connectivity index (χ1) is 9.13. The molecule has 1 aromatic rings. The largest absolute Gasteiger partial charge is 0.372 e. The van der Waals surface area contributed by atoms with Crippen LogP contribution in [0.15, 0.2) is 12.3 Å². The van der Waals surface area contributed by atoms with Crippen molar-refractivity contribution in [1.29, 1.82) is 0 Å².